The number of piperazine rings is 1. The molecule has 132 valence electrons. The third kappa shape index (κ3) is 6.61. The van der Waals surface area contributed by atoms with Crippen molar-refractivity contribution in [3.05, 3.63) is 0 Å². The normalized spacial score (nSPS) is 26.3. The van der Waals surface area contributed by atoms with Crippen LogP contribution in [0.1, 0.15) is 46.0 Å². The van der Waals surface area contributed by atoms with Crippen LogP contribution in [0.5, 0.6) is 0 Å². The molecule has 0 aromatic rings. The number of hydrogen-bond donors (Lipinski definition) is 1. The molecule has 1 saturated heterocycles. The third-order valence-electron chi connectivity index (χ3n) is 4.75. The zero-order valence-corrected chi connectivity index (χ0v) is 15.6. The molecule has 0 aromatic heterocycles. The maximum Gasteiger partial charge on any atom is 0.222 e. The van der Waals surface area contributed by atoms with Gasteiger partial charge in [-0.15, -0.1) is 24.8 Å². The van der Waals surface area contributed by atoms with Crippen molar-refractivity contribution in [1.29, 1.82) is 0 Å². The average Bonchev–Trinajstić information content (AvgIpc) is 2.41. The quantitative estimate of drug-likeness (QED) is 0.844. The predicted octanol–water partition coefficient (Wildman–Crippen LogP) is 2.54. The number of rotatable bonds is 4. The molecule has 2 aliphatic rings. The molecule has 0 spiro atoms. The number of amides is 1. The number of carbonyl (C=O) groups is 1. The van der Waals surface area contributed by atoms with Crippen LogP contribution in [0.3, 0.4) is 0 Å². The minimum absolute atomic E-state index is 0. The van der Waals surface area contributed by atoms with Gasteiger partial charge in [-0.3, -0.25) is 9.69 Å². The average molecular weight is 354 g/mol. The first-order valence-electron chi connectivity index (χ1n) is 8.32. The summed E-state index contributed by atoms with van der Waals surface area (Å²) in [4.78, 5) is 16.9. The van der Waals surface area contributed by atoms with E-state index in [4.69, 9.17) is 5.73 Å². The van der Waals surface area contributed by atoms with Crippen molar-refractivity contribution in [3.63, 3.8) is 0 Å². The predicted molar refractivity (Wildman–Crippen MR) is 96.9 cm³/mol. The summed E-state index contributed by atoms with van der Waals surface area (Å²) < 4.78 is 0. The second kappa shape index (κ2) is 10.7. The van der Waals surface area contributed by atoms with Crippen LogP contribution in [0, 0.1) is 11.8 Å². The summed E-state index contributed by atoms with van der Waals surface area (Å²) in [5.41, 5.74) is 6.15. The highest BCUT2D eigenvalue weighted by Crippen LogP contribution is 2.26. The Kier molecular flexibility index (Phi) is 10.7. The van der Waals surface area contributed by atoms with Crippen molar-refractivity contribution in [2.75, 3.05) is 32.7 Å². The monoisotopic (exact) mass is 353 g/mol. The second-order valence-corrected chi connectivity index (χ2v) is 6.99. The molecule has 2 fully saturated rings. The first-order valence-corrected chi connectivity index (χ1v) is 8.32. The van der Waals surface area contributed by atoms with Crippen LogP contribution in [0.4, 0.5) is 0 Å². The lowest BCUT2D eigenvalue weighted by Gasteiger charge is -2.37. The largest absolute Gasteiger partial charge is 0.340 e. The topological polar surface area (TPSA) is 49.6 Å². The molecule has 2 N–H and O–H groups in total. The summed E-state index contributed by atoms with van der Waals surface area (Å²) in [6, 6.07) is 0.245. The molecule has 2 rings (SSSR count). The van der Waals surface area contributed by atoms with E-state index in [0.717, 1.165) is 45.6 Å². The summed E-state index contributed by atoms with van der Waals surface area (Å²) in [6.45, 7) is 9.50. The van der Waals surface area contributed by atoms with E-state index in [1.54, 1.807) is 0 Å². The fraction of sp³-hybridized carbons (Fsp3) is 0.938. The van der Waals surface area contributed by atoms with Gasteiger partial charge in [0.1, 0.15) is 0 Å². The molecule has 1 heterocycles. The molecule has 2 unspecified atom stereocenters. The molecule has 1 aliphatic heterocycles. The van der Waals surface area contributed by atoms with Crippen LogP contribution >= 0.6 is 24.8 Å². The molecular weight excluding hydrogens is 321 g/mol. The summed E-state index contributed by atoms with van der Waals surface area (Å²) in [5.74, 6) is 1.46. The molecule has 1 aliphatic carbocycles. The van der Waals surface area contributed by atoms with Gasteiger partial charge in [-0.05, 0) is 24.7 Å². The first-order chi connectivity index (χ1) is 9.56. The van der Waals surface area contributed by atoms with Crippen LogP contribution in [0.2, 0.25) is 0 Å². The fourth-order valence-corrected chi connectivity index (χ4v) is 3.54. The Morgan fingerprint density at radius 3 is 2.23 bits per heavy atom. The number of nitrogens with two attached hydrogens (primary N) is 1. The summed E-state index contributed by atoms with van der Waals surface area (Å²) in [6.07, 6.45) is 5.39. The second-order valence-electron chi connectivity index (χ2n) is 6.99. The number of hydrogen-bond acceptors (Lipinski definition) is 3. The summed E-state index contributed by atoms with van der Waals surface area (Å²) in [7, 11) is 0. The van der Waals surface area contributed by atoms with Crippen LogP contribution in [0.15, 0.2) is 0 Å². The van der Waals surface area contributed by atoms with E-state index in [0.29, 0.717) is 24.2 Å². The lowest BCUT2D eigenvalue weighted by molar-refractivity contribution is -0.134. The van der Waals surface area contributed by atoms with Crippen molar-refractivity contribution in [1.82, 2.24) is 9.80 Å². The number of carbonyl (C=O) groups excluding carboxylic acids is 1. The highest BCUT2D eigenvalue weighted by molar-refractivity contribution is 5.85. The molecular formula is C16H33Cl2N3O. The Hall–Kier alpha value is -0.0300. The highest BCUT2D eigenvalue weighted by Gasteiger charge is 2.28. The zero-order valence-electron chi connectivity index (χ0n) is 14.0. The van der Waals surface area contributed by atoms with Gasteiger partial charge in [-0.25, -0.2) is 0 Å². The van der Waals surface area contributed by atoms with E-state index in [1.165, 1.54) is 12.8 Å². The number of nitrogens with zero attached hydrogens (tertiary/aromatic N) is 2. The molecule has 1 amide bonds. The Balaban J connectivity index is 0.00000220. The molecule has 4 nitrogen and oxygen atoms in total. The van der Waals surface area contributed by atoms with Gasteiger partial charge in [0, 0.05) is 45.2 Å². The van der Waals surface area contributed by atoms with Crippen molar-refractivity contribution in [3.8, 4) is 0 Å². The van der Waals surface area contributed by atoms with E-state index in [1.807, 2.05) is 0 Å². The van der Waals surface area contributed by atoms with Crippen LogP contribution < -0.4 is 5.73 Å². The Morgan fingerprint density at radius 2 is 1.68 bits per heavy atom. The maximum absolute atomic E-state index is 12.4. The van der Waals surface area contributed by atoms with Gasteiger partial charge in [0.25, 0.3) is 0 Å². The van der Waals surface area contributed by atoms with Gasteiger partial charge in [-0.1, -0.05) is 26.7 Å². The molecule has 0 radical (unpaired) electrons. The zero-order chi connectivity index (χ0) is 14.5. The van der Waals surface area contributed by atoms with Gasteiger partial charge >= 0.3 is 0 Å². The molecule has 2 atom stereocenters. The van der Waals surface area contributed by atoms with Gasteiger partial charge in [-0.2, -0.15) is 0 Å². The lowest BCUT2D eigenvalue weighted by atomic mass is 9.82. The molecule has 0 bridgehead atoms. The maximum atomic E-state index is 12.4. The summed E-state index contributed by atoms with van der Waals surface area (Å²) in [5, 5.41) is 0. The van der Waals surface area contributed by atoms with Crippen molar-refractivity contribution in [2.24, 2.45) is 17.6 Å². The SMILES string of the molecule is CC(C)CN1CCN(C(=O)CC2CCCCC2N)CC1.Cl.Cl. The third-order valence-corrected chi connectivity index (χ3v) is 4.75. The molecule has 6 heteroatoms. The molecule has 22 heavy (non-hydrogen) atoms. The highest BCUT2D eigenvalue weighted by atomic mass is 35.5. The standard InChI is InChI=1S/C16H31N3O.2ClH/c1-13(2)12-18-7-9-19(10-8-18)16(20)11-14-5-3-4-6-15(14)17;;/h13-15H,3-12,17H2,1-2H3;2*1H. The van der Waals surface area contributed by atoms with Crippen LogP contribution in [-0.4, -0.2) is 54.5 Å². The van der Waals surface area contributed by atoms with E-state index in [2.05, 4.69) is 23.6 Å². The Labute approximate surface area is 148 Å². The molecule has 1 saturated carbocycles. The van der Waals surface area contributed by atoms with Gasteiger partial charge in [0.2, 0.25) is 5.91 Å². The van der Waals surface area contributed by atoms with Gasteiger partial charge in [0.05, 0.1) is 0 Å². The first kappa shape index (κ1) is 22.0. The van der Waals surface area contributed by atoms with Crippen LogP contribution in [0.25, 0.3) is 0 Å². The number of halogens is 2. The molecule has 0 aromatic carbocycles. The minimum Gasteiger partial charge on any atom is -0.340 e. The van der Waals surface area contributed by atoms with Crippen molar-refractivity contribution >= 4 is 30.7 Å². The smallest absolute Gasteiger partial charge is 0.222 e. The fourth-order valence-electron chi connectivity index (χ4n) is 3.54. The minimum atomic E-state index is 0. The van der Waals surface area contributed by atoms with Crippen molar-refractivity contribution in [2.45, 2.75) is 52.0 Å². The van der Waals surface area contributed by atoms with Crippen LogP contribution in [-0.2, 0) is 4.79 Å². The van der Waals surface area contributed by atoms with Gasteiger partial charge < -0.3 is 10.6 Å². The lowest BCUT2D eigenvalue weighted by Crippen LogP contribution is -2.50. The van der Waals surface area contributed by atoms with Gasteiger partial charge in [0.15, 0.2) is 0 Å². The van der Waals surface area contributed by atoms with E-state index >= 15 is 0 Å². The van der Waals surface area contributed by atoms with Crippen molar-refractivity contribution < 1.29 is 4.79 Å². The van der Waals surface area contributed by atoms with E-state index in [9.17, 15) is 4.79 Å². The van der Waals surface area contributed by atoms with E-state index < -0.39 is 0 Å². The Morgan fingerprint density at radius 1 is 1.09 bits per heavy atom. The van der Waals surface area contributed by atoms with E-state index in [-0.39, 0.29) is 30.9 Å². The Bertz CT molecular complexity index is 321. The summed E-state index contributed by atoms with van der Waals surface area (Å²) >= 11 is 0.